The lowest BCUT2D eigenvalue weighted by Crippen LogP contribution is -2.31. The van der Waals surface area contributed by atoms with Gasteiger partial charge in [0.05, 0.1) is 32.0 Å². The van der Waals surface area contributed by atoms with Crippen LogP contribution in [0.5, 0.6) is 0 Å². The third-order valence-electron chi connectivity index (χ3n) is 6.55. The Labute approximate surface area is 231 Å². The molecule has 0 aromatic carbocycles. The highest BCUT2D eigenvalue weighted by Gasteiger charge is 2.48. The molecule has 6 rings (SSSR count). The van der Waals surface area contributed by atoms with E-state index < -0.39 is 74.2 Å². The minimum absolute atomic E-state index is 0.0378. The summed E-state index contributed by atoms with van der Waals surface area (Å²) in [7, 11) is 0. The number of nitrogens with one attached hydrogen (secondary N) is 2. The molecule has 220 valence electrons. The van der Waals surface area contributed by atoms with Crippen molar-refractivity contribution in [2.75, 3.05) is 18.9 Å². The van der Waals surface area contributed by atoms with Gasteiger partial charge in [-0.05, 0) is 0 Å². The van der Waals surface area contributed by atoms with E-state index in [1.54, 1.807) is 0 Å². The number of hydrogen-bond donors (Lipinski definition) is 6. The van der Waals surface area contributed by atoms with Crippen molar-refractivity contribution in [2.45, 2.75) is 49.5 Å². The molecule has 22 heteroatoms. The molecule has 0 amide bonds. The molecule has 2 aliphatic heterocycles. The third-order valence-corrected chi connectivity index (χ3v) is 8.19. The molecule has 4 aromatic rings. The number of nitrogen functional groups attached to an aromatic ring is 1. The molecule has 0 radical (unpaired) electrons. The number of anilines is 1. The Morgan fingerprint density at radius 3 is 2.80 bits per heavy atom. The van der Waals surface area contributed by atoms with Crippen molar-refractivity contribution in [1.82, 2.24) is 44.5 Å². The van der Waals surface area contributed by atoms with Crippen molar-refractivity contribution in [1.29, 1.82) is 0 Å². The predicted molar refractivity (Wildman–Crippen MR) is 136 cm³/mol. The number of nitrogens with zero attached hydrogens (tertiary/aromatic N) is 7. The fraction of sp³-hybridized carbons (Fsp3) is 0.526. The second-order valence-electron chi connectivity index (χ2n) is 9.19. The number of nitrogens with two attached hydrogens (primary N) is 1. The molecular formula is C19H22FN10O9PS. The van der Waals surface area contributed by atoms with E-state index in [4.69, 9.17) is 24.3 Å². The molecule has 4 aromatic heterocycles. The number of imidazole rings is 1. The number of thiol groups is 1. The van der Waals surface area contributed by atoms with Gasteiger partial charge in [0.2, 0.25) is 5.95 Å². The van der Waals surface area contributed by atoms with Gasteiger partial charge < -0.3 is 30.4 Å². The average Bonchev–Trinajstić information content (AvgIpc) is 3.69. The van der Waals surface area contributed by atoms with Crippen molar-refractivity contribution in [3.63, 3.8) is 0 Å². The number of ether oxygens (including phenoxy) is 2. The van der Waals surface area contributed by atoms with Crippen LogP contribution in [0.4, 0.5) is 10.3 Å². The summed E-state index contributed by atoms with van der Waals surface area (Å²) in [6.07, 6.45) is -7.15. The molecule has 2 fully saturated rings. The molecule has 41 heavy (non-hydrogen) atoms. The number of H-pyrrole nitrogens is 2. The van der Waals surface area contributed by atoms with Gasteiger partial charge >= 0.3 is 6.80 Å². The van der Waals surface area contributed by atoms with Crippen molar-refractivity contribution in [3.8, 4) is 0 Å². The van der Waals surface area contributed by atoms with Crippen LogP contribution in [-0.2, 0) is 23.1 Å². The topological polar surface area (TPSA) is 260 Å². The fourth-order valence-electron chi connectivity index (χ4n) is 4.66. The number of aromatic nitrogens is 9. The quantitative estimate of drug-likeness (QED) is 0.0977. The lowest BCUT2D eigenvalue weighted by Gasteiger charge is -2.24. The van der Waals surface area contributed by atoms with E-state index in [0.29, 0.717) is 0 Å². The highest BCUT2D eigenvalue weighted by atomic mass is 32.7. The van der Waals surface area contributed by atoms with Crippen LogP contribution in [0.1, 0.15) is 18.9 Å². The summed E-state index contributed by atoms with van der Waals surface area (Å²) >= 11 is 4.00. The first-order valence-electron chi connectivity index (χ1n) is 12.0. The number of fused-ring (bicyclic) bond motifs is 2. The van der Waals surface area contributed by atoms with Gasteiger partial charge in [0.1, 0.15) is 18.3 Å². The van der Waals surface area contributed by atoms with Gasteiger partial charge in [-0.1, -0.05) is 17.5 Å². The zero-order valence-electron chi connectivity index (χ0n) is 20.5. The molecule has 19 nitrogen and oxygen atoms in total. The van der Waals surface area contributed by atoms with E-state index in [2.05, 4.69) is 47.5 Å². The van der Waals surface area contributed by atoms with Crippen molar-refractivity contribution >= 4 is 47.3 Å². The Morgan fingerprint density at radius 1 is 1.22 bits per heavy atom. The minimum Gasteiger partial charge on any atom is -0.394 e. The summed E-state index contributed by atoms with van der Waals surface area (Å²) in [6.45, 7) is -5.27. The van der Waals surface area contributed by atoms with E-state index in [1.165, 1.54) is 10.9 Å². The Hall–Kier alpha value is -3.30. The molecule has 8 atom stereocenters. The van der Waals surface area contributed by atoms with Crippen LogP contribution in [0.15, 0.2) is 22.2 Å². The molecule has 0 saturated carbocycles. The van der Waals surface area contributed by atoms with Gasteiger partial charge in [0.15, 0.2) is 41.0 Å². The molecule has 2 saturated heterocycles. The number of aliphatic hydroxyl groups excluding tert-OH is 2. The monoisotopic (exact) mass is 616 g/mol. The highest BCUT2D eigenvalue weighted by molar-refractivity contribution is 8.44. The number of rotatable bonds is 8. The van der Waals surface area contributed by atoms with Gasteiger partial charge in [-0.15, -0.1) is 5.10 Å². The summed E-state index contributed by atoms with van der Waals surface area (Å²) in [4.78, 5) is 40.7. The van der Waals surface area contributed by atoms with E-state index in [9.17, 15) is 24.4 Å². The standard InChI is InChI=1S/C19H22FN10O9PS/c20-9-12(32)8(38-18(9)30-13-11(27-28-30)15(33)23-4-22-13)3-36-40(35,41)39-7-1-6(2-31)37-17(7)29-5-24-10-14(29)25-19(21)26-16(10)34/h4-9,12,17-18,31-32H,1-3H2,(H,35,41)(H,22,23,33)(H3,21,25,26,34)/t6-,7+,8+,9-,12+,17+,18?,40?/m0/s1. The Morgan fingerprint density at radius 2 is 2.02 bits per heavy atom. The first-order chi connectivity index (χ1) is 19.6. The number of aliphatic hydroxyl groups is 2. The largest absolute Gasteiger partial charge is 0.394 e. The lowest BCUT2D eigenvalue weighted by molar-refractivity contribution is -0.0554. The van der Waals surface area contributed by atoms with Crippen molar-refractivity contribution < 1.29 is 37.7 Å². The van der Waals surface area contributed by atoms with Gasteiger partial charge in [-0.25, -0.2) is 18.9 Å². The fourth-order valence-corrected chi connectivity index (χ4v) is 6.15. The van der Waals surface area contributed by atoms with E-state index in [0.717, 1.165) is 11.0 Å². The molecule has 2 unspecified atom stereocenters. The smallest absolute Gasteiger partial charge is 0.386 e. The minimum atomic E-state index is -4.24. The lowest BCUT2D eigenvalue weighted by atomic mass is 10.1. The molecule has 0 aliphatic carbocycles. The summed E-state index contributed by atoms with van der Waals surface area (Å²) in [6, 6.07) is 0. The van der Waals surface area contributed by atoms with Gasteiger partial charge in [-0.3, -0.25) is 28.2 Å². The van der Waals surface area contributed by atoms with E-state index >= 15 is 4.39 Å². The number of alkyl halides is 1. The number of halogens is 1. The first-order valence-corrected chi connectivity index (χ1v) is 14.7. The van der Waals surface area contributed by atoms with E-state index in [1.807, 2.05) is 0 Å². The van der Waals surface area contributed by atoms with Crippen LogP contribution in [-0.4, -0.2) is 98.5 Å². The molecule has 2 aliphatic rings. The molecule has 6 heterocycles. The normalized spacial score (nSPS) is 29.9. The summed E-state index contributed by atoms with van der Waals surface area (Å²) in [5.41, 5.74) is 4.24. The van der Waals surface area contributed by atoms with Crippen LogP contribution in [0.3, 0.4) is 0 Å². The highest BCUT2D eigenvalue weighted by Crippen LogP contribution is 2.57. The zero-order valence-corrected chi connectivity index (χ0v) is 22.3. The van der Waals surface area contributed by atoms with Gasteiger partial charge in [-0.2, -0.15) is 9.67 Å². The SMILES string of the molecule is Nc1nc2c(ncn2[C@@H]2O[C@H](CO)C[C@H]2OP(=O)(S)OC[C@H]2OC(n3nnc4c(=O)[nH]cnc43)[C@@H](F)[C@@H]2O)c(=O)[nH]1. The molecule has 6 N–H and O–H groups in total. The van der Waals surface area contributed by atoms with Crippen molar-refractivity contribution in [2.24, 2.45) is 0 Å². The first kappa shape index (κ1) is 27.8. The van der Waals surface area contributed by atoms with Crippen LogP contribution in [0.25, 0.3) is 22.3 Å². The maximum absolute atomic E-state index is 15.0. The molecule has 0 spiro atoms. The Kier molecular flexibility index (Phi) is 7.14. The maximum Gasteiger partial charge on any atom is 0.386 e. The van der Waals surface area contributed by atoms with Crippen LogP contribution in [0.2, 0.25) is 0 Å². The van der Waals surface area contributed by atoms with Gasteiger partial charge in [0.25, 0.3) is 11.1 Å². The van der Waals surface area contributed by atoms with Crippen molar-refractivity contribution in [3.05, 3.63) is 33.4 Å². The number of hydrogen-bond acceptors (Lipinski definition) is 15. The van der Waals surface area contributed by atoms with Gasteiger partial charge in [0, 0.05) is 6.42 Å². The zero-order chi connectivity index (χ0) is 29.1. The summed E-state index contributed by atoms with van der Waals surface area (Å²) in [5.74, 6) is -0.178. The third kappa shape index (κ3) is 5.03. The number of aromatic amines is 2. The second kappa shape index (κ2) is 10.5. The average molecular weight is 616 g/mol. The van der Waals surface area contributed by atoms with Crippen LogP contribution in [0, 0.1) is 0 Å². The second-order valence-corrected chi connectivity index (χ2v) is 12.1. The Bertz CT molecular complexity index is 1760. The van der Waals surface area contributed by atoms with Crippen LogP contribution < -0.4 is 16.9 Å². The predicted octanol–water partition coefficient (Wildman–Crippen LogP) is -1.45. The van der Waals surface area contributed by atoms with E-state index in [-0.39, 0.29) is 34.7 Å². The maximum atomic E-state index is 15.0. The molecular weight excluding hydrogens is 594 g/mol. The summed E-state index contributed by atoms with van der Waals surface area (Å²) in [5, 5.41) is 27.5. The Balaban J connectivity index is 1.17. The van der Waals surface area contributed by atoms with Crippen LogP contribution >= 0.6 is 19.0 Å². The molecule has 0 bridgehead atoms. The summed E-state index contributed by atoms with van der Waals surface area (Å²) < 4.78 is 52.7.